The van der Waals surface area contributed by atoms with Gasteiger partial charge in [-0.3, -0.25) is 4.79 Å². The molecule has 2 rings (SSSR count). The zero-order chi connectivity index (χ0) is 16.5. The topological polar surface area (TPSA) is 55.4 Å². The van der Waals surface area contributed by atoms with Gasteiger partial charge in [-0.15, -0.1) is 0 Å². The van der Waals surface area contributed by atoms with Gasteiger partial charge in [0.15, 0.2) is 6.61 Å². The summed E-state index contributed by atoms with van der Waals surface area (Å²) in [5.74, 6) is -0.730. The minimum Gasteiger partial charge on any atom is -0.452 e. The molecule has 0 atom stereocenters. The van der Waals surface area contributed by atoms with Gasteiger partial charge in [-0.05, 0) is 36.6 Å². The number of carbonyl (C=O) groups excluding carboxylic acids is 2. The maximum absolute atomic E-state index is 11.8. The van der Waals surface area contributed by atoms with E-state index in [2.05, 4.69) is 21.2 Å². The number of carbonyl (C=O) groups is 2. The Morgan fingerprint density at radius 1 is 1.13 bits per heavy atom. The summed E-state index contributed by atoms with van der Waals surface area (Å²) in [5.41, 5.74) is 0.896. The number of ether oxygens (including phenoxy) is 1. The standard InChI is InChI=1S/C18H22BrNO3/c19-15-10-7-14(8-11-15)9-12-18(22)23-13-17(21)20-16-5-3-1-2-4-6-16/h7-12,16H,1-6,13H2,(H,20,21)/b12-9+. The lowest BCUT2D eigenvalue weighted by molar-refractivity contribution is -0.144. The van der Waals surface area contributed by atoms with Crippen molar-refractivity contribution in [3.05, 3.63) is 40.4 Å². The highest BCUT2D eigenvalue weighted by atomic mass is 79.9. The third-order valence-electron chi connectivity index (χ3n) is 3.85. The van der Waals surface area contributed by atoms with Gasteiger partial charge in [0.25, 0.3) is 5.91 Å². The SMILES string of the molecule is O=C(COC(=O)/C=C/c1ccc(Br)cc1)NC1CCCCCC1. The van der Waals surface area contributed by atoms with E-state index in [0.717, 1.165) is 35.7 Å². The molecule has 0 aromatic heterocycles. The molecular weight excluding hydrogens is 358 g/mol. The number of halogens is 1. The highest BCUT2D eigenvalue weighted by Gasteiger charge is 2.15. The van der Waals surface area contributed by atoms with E-state index in [0.29, 0.717) is 0 Å². The van der Waals surface area contributed by atoms with Gasteiger partial charge in [0, 0.05) is 16.6 Å². The van der Waals surface area contributed by atoms with Crippen LogP contribution < -0.4 is 5.32 Å². The summed E-state index contributed by atoms with van der Waals surface area (Å²) in [6, 6.07) is 7.78. The molecule has 0 unspecified atom stereocenters. The minimum atomic E-state index is -0.510. The molecule has 4 nitrogen and oxygen atoms in total. The van der Waals surface area contributed by atoms with E-state index in [1.165, 1.54) is 18.9 Å². The van der Waals surface area contributed by atoms with E-state index in [9.17, 15) is 9.59 Å². The lowest BCUT2D eigenvalue weighted by atomic mass is 10.1. The Bertz CT molecular complexity index is 546. The van der Waals surface area contributed by atoms with E-state index < -0.39 is 5.97 Å². The van der Waals surface area contributed by atoms with Gasteiger partial charge >= 0.3 is 5.97 Å². The van der Waals surface area contributed by atoms with E-state index in [1.54, 1.807) is 6.08 Å². The molecule has 1 fully saturated rings. The zero-order valence-electron chi connectivity index (χ0n) is 13.1. The van der Waals surface area contributed by atoms with Crippen molar-refractivity contribution in [3.63, 3.8) is 0 Å². The number of benzene rings is 1. The average molecular weight is 380 g/mol. The fourth-order valence-electron chi connectivity index (χ4n) is 2.62. The van der Waals surface area contributed by atoms with Crippen molar-refractivity contribution in [2.75, 3.05) is 6.61 Å². The monoisotopic (exact) mass is 379 g/mol. The maximum Gasteiger partial charge on any atom is 0.331 e. The van der Waals surface area contributed by atoms with Crippen molar-refractivity contribution in [3.8, 4) is 0 Å². The Hall–Kier alpha value is -1.62. The molecule has 1 aromatic carbocycles. The number of rotatable bonds is 5. The summed E-state index contributed by atoms with van der Waals surface area (Å²) >= 11 is 3.35. The van der Waals surface area contributed by atoms with Crippen molar-refractivity contribution in [1.82, 2.24) is 5.32 Å². The molecule has 124 valence electrons. The maximum atomic E-state index is 11.8. The lowest BCUT2D eigenvalue weighted by Crippen LogP contribution is -2.37. The van der Waals surface area contributed by atoms with Crippen molar-refractivity contribution in [2.45, 2.75) is 44.6 Å². The largest absolute Gasteiger partial charge is 0.452 e. The summed E-state index contributed by atoms with van der Waals surface area (Å²) in [6.07, 6.45) is 9.82. The van der Waals surface area contributed by atoms with Crippen LogP contribution in [-0.2, 0) is 14.3 Å². The van der Waals surface area contributed by atoms with Crippen LogP contribution in [0, 0.1) is 0 Å². The van der Waals surface area contributed by atoms with Crippen LogP contribution in [0.5, 0.6) is 0 Å². The third kappa shape index (κ3) is 6.99. The van der Waals surface area contributed by atoms with E-state index in [4.69, 9.17) is 4.74 Å². The van der Waals surface area contributed by atoms with Crippen LogP contribution in [0.2, 0.25) is 0 Å². The Kier molecular flexibility index (Phi) is 7.33. The van der Waals surface area contributed by atoms with E-state index >= 15 is 0 Å². The first-order valence-electron chi connectivity index (χ1n) is 8.03. The first kappa shape index (κ1) is 17.7. The van der Waals surface area contributed by atoms with Crippen LogP contribution in [0.4, 0.5) is 0 Å². The van der Waals surface area contributed by atoms with Gasteiger partial charge < -0.3 is 10.1 Å². The first-order chi connectivity index (χ1) is 11.1. The number of hydrogen-bond acceptors (Lipinski definition) is 3. The van der Waals surface area contributed by atoms with Crippen molar-refractivity contribution in [2.24, 2.45) is 0 Å². The van der Waals surface area contributed by atoms with Crippen LogP contribution >= 0.6 is 15.9 Å². The Morgan fingerprint density at radius 3 is 2.43 bits per heavy atom. The molecule has 0 aliphatic heterocycles. The first-order valence-corrected chi connectivity index (χ1v) is 8.82. The number of amides is 1. The lowest BCUT2D eigenvalue weighted by Gasteiger charge is -2.15. The minimum absolute atomic E-state index is 0.220. The Balaban J connectivity index is 1.70. The van der Waals surface area contributed by atoms with Gasteiger partial charge in [-0.25, -0.2) is 4.79 Å². The summed E-state index contributed by atoms with van der Waals surface area (Å²) in [6.45, 7) is -0.222. The van der Waals surface area contributed by atoms with Crippen LogP contribution in [0.1, 0.15) is 44.1 Å². The molecule has 1 saturated carbocycles. The Morgan fingerprint density at radius 2 is 1.78 bits per heavy atom. The number of nitrogens with one attached hydrogen (secondary N) is 1. The van der Waals surface area contributed by atoms with Crippen molar-refractivity contribution in [1.29, 1.82) is 0 Å². The Labute approximate surface area is 145 Å². The second kappa shape index (κ2) is 9.50. The molecule has 1 amide bonds. The van der Waals surface area contributed by atoms with Gasteiger partial charge in [-0.2, -0.15) is 0 Å². The number of hydrogen-bond donors (Lipinski definition) is 1. The molecule has 1 N–H and O–H groups in total. The number of esters is 1. The van der Waals surface area contributed by atoms with Gasteiger partial charge in [-0.1, -0.05) is 53.7 Å². The molecule has 0 bridgehead atoms. The molecule has 0 spiro atoms. The van der Waals surface area contributed by atoms with Crippen LogP contribution in [0.3, 0.4) is 0 Å². The highest BCUT2D eigenvalue weighted by Crippen LogP contribution is 2.17. The summed E-state index contributed by atoms with van der Waals surface area (Å²) in [4.78, 5) is 23.5. The zero-order valence-corrected chi connectivity index (χ0v) is 14.7. The molecule has 1 aliphatic carbocycles. The second-order valence-corrected chi connectivity index (χ2v) is 6.66. The fourth-order valence-corrected chi connectivity index (χ4v) is 2.88. The summed E-state index contributed by atoms with van der Waals surface area (Å²) in [5, 5.41) is 2.95. The molecule has 0 heterocycles. The normalized spacial score (nSPS) is 16.0. The summed E-state index contributed by atoms with van der Waals surface area (Å²) in [7, 11) is 0. The van der Waals surface area contributed by atoms with Crippen molar-refractivity contribution >= 4 is 33.9 Å². The highest BCUT2D eigenvalue weighted by molar-refractivity contribution is 9.10. The smallest absolute Gasteiger partial charge is 0.331 e. The fraction of sp³-hybridized carbons (Fsp3) is 0.444. The van der Waals surface area contributed by atoms with Gasteiger partial charge in [0.05, 0.1) is 0 Å². The molecule has 0 radical (unpaired) electrons. The average Bonchev–Trinajstić information content (AvgIpc) is 2.81. The third-order valence-corrected chi connectivity index (χ3v) is 4.38. The molecule has 1 aliphatic rings. The van der Waals surface area contributed by atoms with Crippen LogP contribution in [-0.4, -0.2) is 24.5 Å². The van der Waals surface area contributed by atoms with Crippen LogP contribution in [0.15, 0.2) is 34.8 Å². The van der Waals surface area contributed by atoms with Gasteiger partial charge in [0.1, 0.15) is 0 Å². The quantitative estimate of drug-likeness (QED) is 0.480. The predicted molar refractivity (Wildman–Crippen MR) is 93.8 cm³/mol. The molecule has 23 heavy (non-hydrogen) atoms. The van der Waals surface area contributed by atoms with Gasteiger partial charge in [0.2, 0.25) is 0 Å². The van der Waals surface area contributed by atoms with E-state index in [1.807, 2.05) is 24.3 Å². The second-order valence-electron chi connectivity index (χ2n) is 5.75. The molecule has 1 aromatic rings. The molecule has 0 saturated heterocycles. The molecule has 5 heteroatoms. The summed E-state index contributed by atoms with van der Waals surface area (Å²) < 4.78 is 5.95. The molecular formula is C18H22BrNO3. The van der Waals surface area contributed by atoms with Crippen molar-refractivity contribution < 1.29 is 14.3 Å². The predicted octanol–water partition coefficient (Wildman–Crippen LogP) is 3.84. The van der Waals surface area contributed by atoms with Crippen LogP contribution in [0.25, 0.3) is 6.08 Å². The van der Waals surface area contributed by atoms with E-state index in [-0.39, 0.29) is 18.6 Å².